The Morgan fingerprint density at radius 1 is 1.33 bits per heavy atom. The Hall–Kier alpha value is -0.120. The molecular weight excluding hydrogens is 188 g/mol. The van der Waals surface area contributed by atoms with Crippen molar-refractivity contribution in [2.45, 2.75) is 44.2 Å². The second kappa shape index (κ2) is 5.28. The Morgan fingerprint density at radius 3 is 2.87 bits per heavy atom. The van der Waals surface area contributed by atoms with Crippen molar-refractivity contribution >= 4 is 0 Å². The highest BCUT2D eigenvalue weighted by Crippen LogP contribution is 2.36. The van der Waals surface area contributed by atoms with Gasteiger partial charge in [-0.2, -0.15) is 0 Å². The molecule has 1 heterocycles. The van der Waals surface area contributed by atoms with Crippen molar-refractivity contribution in [3.8, 4) is 0 Å². The average Bonchev–Trinajstić information content (AvgIpc) is 2.74. The molecule has 88 valence electrons. The number of hydrogen-bond donors (Lipinski definition) is 1. The first-order valence-electron chi connectivity index (χ1n) is 6.32. The molecule has 0 aromatic carbocycles. The lowest BCUT2D eigenvalue weighted by molar-refractivity contribution is 0.0299. The van der Waals surface area contributed by atoms with Crippen LogP contribution in [0.3, 0.4) is 0 Å². The third-order valence-corrected chi connectivity index (χ3v) is 4.14. The fourth-order valence-corrected chi connectivity index (χ4v) is 3.29. The fourth-order valence-electron chi connectivity index (χ4n) is 3.29. The van der Waals surface area contributed by atoms with Crippen LogP contribution >= 0.6 is 0 Å². The van der Waals surface area contributed by atoms with Crippen molar-refractivity contribution in [1.29, 1.82) is 0 Å². The van der Waals surface area contributed by atoms with Crippen LogP contribution in [0.4, 0.5) is 0 Å². The van der Waals surface area contributed by atoms with Gasteiger partial charge < -0.3 is 10.5 Å². The van der Waals surface area contributed by atoms with E-state index in [-0.39, 0.29) is 6.10 Å². The molecule has 0 aromatic rings. The summed E-state index contributed by atoms with van der Waals surface area (Å²) in [7, 11) is 1.77. The second-order valence-electron chi connectivity index (χ2n) is 4.99. The molecule has 15 heavy (non-hydrogen) atoms. The van der Waals surface area contributed by atoms with Crippen LogP contribution in [0.25, 0.3) is 0 Å². The number of fused-ring (bicyclic) bond motifs is 1. The van der Waals surface area contributed by atoms with Crippen molar-refractivity contribution in [3.05, 3.63) is 0 Å². The van der Waals surface area contributed by atoms with Crippen molar-refractivity contribution in [3.63, 3.8) is 0 Å². The summed E-state index contributed by atoms with van der Waals surface area (Å²) in [6.07, 6.45) is 7.30. The number of piperidine rings is 1. The van der Waals surface area contributed by atoms with Crippen LogP contribution in [0.1, 0.15) is 32.1 Å². The monoisotopic (exact) mass is 212 g/mol. The quantitative estimate of drug-likeness (QED) is 0.761. The van der Waals surface area contributed by atoms with E-state index in [2.05, 4.69) is 4.90 Å². The fraction of sp³-hybridized carbons (Fsp3) is 1.00. The highest BCUT2D eigenvalue weighted by Gasteiger charge is 2.35. The number of ether oxygens (including phenoxy) is 1. The van der Waals surface area contributed by atoms with E-state index < -0.39 is 0 Å². The van der Waals surface area contributed by atoms with Crippen molar-refractivity contribution < 1.29 is 4.74 Å². The number of rotatable bonds is 4. The van der Waals surface area contributed by atoms with Crippen LogP contribution in [0, 0.1) is 5.92 Å². The Bertz CT molecular complexity index is 194. The Balaban J connectivity index is 1.89. The van der Waals surface area contributed by atoms with E-state index in [4.69, 9.17) is 10.5 Å². The van der Waals surface area contributed by atoms with Crippen LogP contribution in [-0.2, 0) is 4.74 Å². The zero-order valence-electron chi connectivity index (χ0n) is 9.82. The first-order chi connectivity index (χ1) is 7.35. The molecule has 1 aliphatic heterocycles. The standard InChI is InChI=1S/C12H24N2O/c1-15-11(8-13)9-14-7-3-5-10-4-2-6-12(10)14/h10-12H,2-9,13H2,1H3. The van der Waals surface area contributed by atoms with Gasteiger partial charge in [-0.1, -0.05) is 6.42 Å². The van der Waals surface area contributed by atoms with E-state index in [0.717, 1.165) is 18.5 Å². The molecule has 0 amide bonds. The summed E-state index contributed by atoms with van der Waals surface area (Å²) in [5, 5.41) is 0. The maximum absolute atomic E-state index is 5.69. The first kappa shape index (κ1) is 11.4. The van der Waals surface area contributed by atoms with Crippen LogP contribution in [0.2, 0.25) is 0 Å². The largest absolute Gasteiger partial charge is 0.379 e. The van der Waals surface area contributed by atoms with E-state index in [1.165, 1.54) is 38.6 Å². The van der Waals surface area contributed by atoms with E-state index >= 15 is 0 Å². The highest BCUT2D eigenvalue weighted by atomic mass is 16.5. The third-order valence-electron chi connectivity index (χ3n) is 4.14. The summed E-state index contributed by atoms with van der Waals surface area (Å²) in [5.41, 5.74) is 5.69. The van der Waals surface area contributed by atoms with Crippen molar-refractivity contribution in [1.82, 2.24) is 4.90 Å². The molecule has 2 rings (SSSR count). The highest BCUT2D eigenvalue weighted by molar-refractivity contribution is 4.90. The average molecular weight is 212 g/mol. The molecule has 3 atom stereocenters. The van der Waals surface area contributed by atoms with Crippen LogP contribution < -0.4 is 5.73 Å². The maximum atomic E-state index is 5.69. The molecule has 2 fully saturated rings. The van der Waals surface area contributed by atoms with Crippen LogP contribution in [0.15, 0.2) is 0 Å². The molecular formula is C12H24N2O. The van der Waals surface area contributed by atoms with E-state index in [1.807, 2.05) is 0 Å². The number of nitrogens with two attached hydrogens (primary N) is 1. The summed E-state index contributed by atoms with van der Waals surface area (Å²) >= 11 is 0. The molecule has 1 saturated heterocycles. The van der Waals surface area contributed by atoms with Gasteiger partial charge in [0.1, 0.15) is 0 Å². The van der Waals surface area contributed by atoms with Crippen LogP contribution in [0.5, 0.6) is 0 Å². The molecule has 0 radical (unpaired) electrons. The first-order valence-corrected chi connectivity index (χ1v) is 6.32. The molecule has 3 nitrogen and oxygen atoms in total. The number of methoxy groups -OCH3 is 1. The predicted molar refractivity (Wildman–Crippen MR) is 61.8 cm³/mol. The molecule has 0 aromatic heterocycles. The molecule has 1 saturated carbocycles. The van der Waals surface area contributed by atoms with Gasteiger partial charge in [-0.15, -0.1) is 0 Å². The van der Waals surface area contributed by atoms with Gasteiger partial charge in [0.2, 0.25) is 0 Å². The smallest absolute Gasteiger partial charge is 0.0820 e. The van der Waals surface area contributed by atoms with Gasteiger partial charge in [-0.3, -0.25) is 4.90 Å². The molecule has 0 bridgehead atoms. The molecule has 0 spiro atoms. The molecule has 1 aliphatic carbocycles. The summed E-state index contributed by atoms with van der Waals surface area (Å²) in [6, 6.07) is 0.836. The van der Waals surface area contributed by atoms with Gasteiger partial charge in [0.05, 0.1) is 6.10 Å². The van der Waals surface area contributed by atoms with Gasteiger partial charge in [0.25, 0.3) is 0 Å². The summed E-state index contributed by atoms with van der Waals surface area (Å²) in [4.78, 5) is 2.63. The van der Waals surface area contributed by atoms with E-state index in [0.29, 0.717) is 6.54 Å². The molecule has 2 aliphatic rings. The minimum Gasteiger partial charge on any atom is -0.379 e. The van der Waals surface area contributed by atoms with E-state index in [9.17, 15) is 0 Å². The summed E-state index contributed by atoms with van der Waals surface area (Å²) < 4.78 is 5.38. The maximum Gasteiger partial charge on any atom is 0.0820 e. The lowest BCUT2D eigenvalue weighted by Crippen LogP contribution is -2.47. The zero-order chi connectivity index (χ0) is 10.7. The zero-order valence-corrected chi connectivity index (χ0v) is 9.82. The number of likely N-dealkylation sites (tertiary alicyclic amines) is 1. The van der Waals surface area contributed by atoms with Crippen molar-refractivity contribution in [2.75, 3.05) is 26.7 Å². The minimum absolute atomic E-state index is 0.226. The SMILES string of the molecule is COC(CN)CN1CCCC2CCCC21. The van der Waals surface area contributed by atoms with Gasteiger partial charge in [-0.05, 0) is 38.1 Å². The minimum atomic E-state index is 0.226. The Kier molecular flexibility index (Phi) is 4.00. The van der Waals surface area contributed by atoms with Gasteiger partial charge in [-0.25, -0.2) is 0 Å². The lowest BCUT2D eigenvalue weighted by Gasteiger charge is -2.39. The van der Waals surface area contributed by atoms with Gasteiger partial charge >= 0.3 is 0 Å². The number of hydrogen-bond acceptors (Lipinski definition) is 3. The summed E-state index contributed by atoms with van der Waals surface area (Å²) in [5.74, 6) is 0.967. The van der Waals surface area contributed by atoms with Gasteiger partial charge in [0.15, 0.2) is 0 Å². The topological polar surface area (TPSA) is 38.5 Å². The third kappa shape index (κ3) is 2.52. The second-order valence-corrected chi connectivity index (χ2v) is 4.99. The Labute approximate surface area is 93.0 Å². The molecule has 3 unspecified atom stereocenters. The molecule has 3 heteroatoms. The van der Waals surface area contributed by atoms with Crippen molar-refractivity contribution in [2.24, 2.45) is 11.7 Å². The predicted octanol–water partition coefficient (Wildman–Crippen LogP) is 1.22. The van der Waals surface area contributed by atoms with E-state index in [1.54, 1.807) is 7.11 Å². The molecule has 2 N–H and O–H groups in total. The lowest BCUT2D eigenvalue weighted by atomic mass is 9.92. The Morgan fingerprint density at radius 2 is 2.13 bits per heavy atom. The normalized spacial score (nSPS) is 34.0. The van der Waals surface area contributed by atoms with Crippen LogP contribution in [-0.4, -0.2) is 43.8 Å². The van der Waals surface area contributed by atoms with Gasteiger partial charge in [0, 0.05) is 26.2 Å². The number of nitrogens with zero attached hydrogens (tertiary/aromatic N) is 1. The summed E-state index contributed by atoms with van der Waals surface area (Å²) in [6.45, 7) is 2.93.